The van der Waals surface area contributed by atoms with Crippen molar-refractivity contribution in [1.29, 1.82) is 0 Å². The van der Waals surface area contributed by atoms with Gasteiger partial charge in [0.25, 0.3) is 0 Å². The summed E-state index contributed by atoms with van der Waals surface area (Å²) in [6, 6.07) is 0. The summed E-state index contributed by atoms with van der Waals surface area (Å²) in [6.07, 6.45) is 1.15. The Morgan fingerprint density at radius 2 is 2.50 bits per heavy atom. The summed E-state index contributed by atoms with van der Waals surface area (Å²) >= 11 is 0. The third kappa shape index (κ3) is 1.58. The number of cyclic esters (lactones) is 1. The number of carbonyl (C=O) groups is 2. The van der Waals surface area contributed by atoms with Crippen LogP contribution < -0.4 is 0 Å². The second kappa shape index (κ2) is 2.51. The van der Waals surface area contributed by atoms with Crippen LogP contribution >= 0.6 is 0 Å². The molecular formula is C6H6O4. The van der Waals surface area contributed by atoms with Gasteiger partial charge in [0.1, 0.15) is 6.61 Å². The third-order valence-corrected chi connectivity index (χ3v) is 0.910. The standard InChI is InChI=1S/C6H6O4/c1-4(7)10-5-2-6(8)9-3-5/h2H,3H2,1H3. The molecule has 0 aromatic rings. The van der Waals surface area contributed by atoms with Gasteiger partial charge in [0.05, 0.1) is 6.08 Å². The Balaban J connectivity index is 2.50. The maximum absolute atomic E-state index is 10.3. The van der Waals surface area contributed by atoms with E-state index in [-0.39, 0.29) is 12.4 Å². The van der Waals surface area contributed by atoms with Crippen molar-refractivity contribution in [1.82, 2.24) is 0 Å². The van der Waals surface area contributed by atoms with Crippen molar-refractivity contribution >= 4 is 11.9 Å². The minimum absolute atomic E-state index is 0.0679. The van der Waals surface area contributed by atoms with Gasteiger partial charge in [0.2, 0.25) is 0 Å². The average Bonchev–Trinajstić information content (AvgIpc) is 2.13. The number of hydrogen-bond donors (Lipinski definition) is 0. The van der Waals surface area contributed by atoms with Crippen LogP contribution in [0.4, 0.5) is 0 Å². The van der Waals surface area contributed by atoms with Crippen molar-refractivity contribution in [2.75, 3.05) is 6.61 Å². The zero-order chi connectivity index (χ0) is 7.56. The van der Waals surface area contributed by atoms with E-state index in [9.17, 15) is 9.59 Å². The summed E-state index contributed by atoms with van der Waals surface area (Å²) < 4.78 is 9.02. The Kier molecular flexibility index (Phi) is 1.71. The number of carbonyl (C=O) groups excluding carboxylic acids is 2. The van der Waals surface area contributed by atoms with E-state index in [2.05, 4.69) is 9.47 Å². The fourth-order valence-corrected chi connectivity index (χ4v) is 0.601. The first kappa shape index (κ1) is 6.80. The predicted octanol–water partition coefficient (Wildman–Crippen LogP) is -0.00980. The second-order valence-corrected chi connectivity index (χ2v) is 1.81. The first-order valence-electron chi connectivity index (χ1n) is 2.74. The topological polar surface area (TPSA) is 52.6 Å². The molecule has 0 saturated heterocycles. The van der Waals surface area contributed by atoms with Crippen molar-refractivity contribution in [3.63, 3.8) is 0 Å². The maximum Gasteiger partial charge on any atom is 0.334 e. The molecule has 0 saturated carbocycles. The van der Waals surface area contributed by atoms with Crippen LogP contribution in [0.5, 0.6) is 0 Å². The Labute approximate surface area is 57.4 Å². The summed E-state index contributed by atoms with van der Waals surface area (Å²) in [5.74, 6) is -0.627. The molecule has 1 rings (SSSR count). The lowest BCUT2D eigenvalue weighted by molar-refractivity contribution is -0.139. The first-order chi connectivity index (χ1) is 4.68. The van der Waals surface area contributed by atoms with Crippen molar-refractivity contribution in [2.45, 2.75) is 6.92 Å². The lowest BCUT2D eigenvalue weighted by Crippen LogP contribution is -1.99. The largest absolute Gasteiger partial charge is 0.454 e. The summed E-state index contributed by atoms with van der Waals surface area (Å²) in [7, 11) is 0. The van der Waals surface area contributed by atoms with E-state index in [4.69, 9.17) is 0 Å². The SMILES string of the molecule is CC(=O)OC1=CC(=O)OC1. The monoisotopic (exact) mass is 142 g/mol. The van der Waals surface area contributed by atoms with E-state index in [1.807, 2.05) is 0 Å². The molecule has 4 nitrogen and oxygen atoms in total. The molecule has 0 bridgehead atoms. The number of ether oxygens (including phenoxy) is 2. The minimum atomic E-state index is -0.462. The van der Waals surface area contributed by atoms with Gasteiger partial charge in [-0.25, -0.2) is 4.79 Å². The molecule has 0 N–H and O–H groups in total. The first-order valence-corrected chi connectivity index (χ1v) is 2.74. The van der Waals surface area contributed by atoms with E-state index < -0.39 is 11.9 Å². The zero-order valence-electron chi connectivity index (χ0n) is 5.42. The van der Waals surface area contributed by atoms with Crippen LogP contribution in [0.15, 0.2) is 11.8 Å². The molecule has 0 aromatic heterocycles. The summed E-state index contributed by atoms with van der Waals surface area (Å²) in [4.78, 5) is 20.6. The van der Waals surface area contributed by atoms with Gasteiger partial charge in [0, 0.05) is 6.92 Å². The third-order valence-electron chi connectivity index (χ3n) is 0.910. The van der Waals surface area contributed by atoms with Crippen LogP contribution in [0.3, 0.4) is 0 Å². The highest BCUT2D eigenvalue weighted by molar-refractivity contribution is 5.85. The number of rotatable bonds is 1. The second-order valence-electron chi connectivity index (χ2n) is 1.81. The molecular weight excluding hydrogens is 136 g/mol. The quantitative estimate of drug-likeness (QED) is 0.483. The zero-order valence-corrected chi connectivity index (χ0v) is 5.42. The van der Waals surface area contributed by atoms with Gasteiger partial charge in [0.15, 0.2) is 5.76 Å². The number of hydrogen-bond acceptors (Lipinski definition) is 4. The summed E-state index contributed by atoms with van der Waals surface area (Å²) in [6.45, 7) is 1.34. The molecule has 4 heteroatoms. The van der Waals surface area contributed by atoms with Crippen LogP contribution in [-0.4, -0.2) is 18.5 Å². The van der Waals surface area contributed by atoms with Gasteiger partial charge in [-0.05, 0) is 0 Å². The molecule has 0 aromatic carbocycles. The molecule has 0 spiro atoms. The van der Waals surface area contributed by atoms with Gasteiger partial charge in [-0.2, -0.15) is 0 Å². The normalized spacial score (nSPS) is 16.1. The molecule has 0 amide bonds. The molecule has 0 aliphatic carbocycles. The minimum Gasteiger partial charge on any atom is -0.454 e. The molecule has 0 unspecified atom stereocenters. The molecule has 1 heterocycles. The maximum atomic E-state index is 10.3. The average molecular weight is 142 g/mol. The van der Waals surface area contributed by atoms with Crippen LogP contribution in [0.25, 0.3) is 0 Å². The van der Waals surface area contributed by atoms with Gasteiger partial charge in [-0.15, -0.1) is 0 Å². The van der Waals surface area contributed by atoms with E-state index in [1.54, 1.807) is 0 Å². The number of esters is 2. The predicted molar refractivity (Wildman–Crippen MR) is 30.8 cm³/mol. The molecule has 10 heavy (non-hydrogen) atoms. The summed E-state index contributed by atoms with van der Waals surface area (Å²) in [5, 5.41) is 0. The lowest BCUT2D eigenvalue weighted by Gasteiger charge is -1.96. The molecule has 0 fully saturated rings. The Bertz CT molecular complexity index is 204. The van der Waals surface area contributed by atoms with Crippen molar-refractivity contribution < 1.29 is 19.1 Å². The van der Waals surface area contributed by atoms with E-state index >= 15 is 0 Å². The Morgan fingerprint density at radius 1 is 1.80 bits per heavy atom. The van der Waals surface area contributed by atoms with Crippen molar-refractivity contribution in [2.24, 2.45) is 0 Å². The Morgan fingerprint density at radius 3 is 2.90 bits per heavy atom. The highest BCUT2D eigenvalue weighted by Gasteiger charge is 2.14. The highest BCUT2D eigenvalue weighted by atomic mass is 16.6. The molecule has 0 atom stereocenters. The van der Waals surface area contributed by atoms with Crippen LogP contribution in [0.2, 0.25) is 0 Å². The Hall–Kier alpha value is -1.32. The van der Waals surface area contributed by atoms with Gasteiger partial charge in [-0.3, -0.25) is 4.79 Å². The highest BCUT2D eigenvalue weighted by Crippen LogP contribution is 2.06. The fraction of sp³-hybridized carbons (Fsp3) is 0.333. The van der Waals surface area contributed by atoms with Gasteiger partial charge >= 0.3 is 11.9 Å². The van der Waals surface area contributed by atoms with E-state index in [0.29, 0.717) is 0 Å². The lowest BCUT2D eigenvalue weighted by atomic mass is 10.5. The molecule has 1 aliphatic heterocycles. The van der Waals surface area contributed by atoms with Crippen LogP contribution in [-0.2, 0) is 19.1 Å². The van der Waals surface area contributed by atoms with E-state index in [0.717, 1.165) is 6.08 Å². The van der Waals surface area contributed by atoms with Gasteiger partial charge < -0.3 is 9.47 Å². The van der Waals surface area contributed by atoms with Crippen LogP contribution in [0, 0.1) is 0 Å². The van der Waals surface area contributed by atoms with E-state index in [1.165, 1.54) is 6.92 Å². The molecule has 0 radical (unpaired) electrons. The van der Waals surface area contributed by atoms with Gasteiger partial charge in [-0.1, -0.05) is 0 Å². The summed E-state index contributed by atoms with van der Waals surface area (Å²) in [5.41, 5.74) is 0. The van der Waals surface area contributed by atoms with Crippen molar-refractivity contribution in [3.05, 3.63) is 11.8 Å². The van der Waals surface area contributed by atoms with Crippen LogP contribution in [0.1, 0.15) is 6.92 Å². The molecule has 1 aliphatic rings. The molecule has 54 valence electrons. The smallest absolute Gasteiger partial charge is 0.334 e. The van der Waals surface area contributed by atoms with Crippen molar-refractivity contribution in [3.8, 4) is 0 Å². The fourth-order valence-electron chi connectivity index (χ4n) is 0.601.